The molecule has 0 amide bonds. The SMILES string of the molecule is Cc1ccc[n+]([C@@H](C(=O)c2ccc(F)cc2)C(=S)NCc2ccco2)c1. The zero-order chi connectivity index (χ0) is 18.5. The van der Waals surface area contributed by atoms with E-state index in [0.717, 1.165) is 11.3 Å². The number of hydrogen-bond acceptors (Lipinski definition) is 3. The second-order valence-corrected chi connectivity index (χ2v) is 6.34. The molecule has 3 aromatic rings. The summed E-state index contributed by atoms with van der Waals surface area (Å²) >= 11 is 5.51. The Morgan fingerprint density at radius 1 is 1.23 bits per heavy atom. The maximum atomic E-state index is 13.2. The Morgan fingerprint density at radius 3 is 2.65 bits per heavy atom. The van der Waals surface area contributed by atoms with E-state index in [2.05, 4.69) is 5.32 Å². The van der Waals surface area contributed by atoms with Gasteiger partial charge in [0.25, 0.3) is 6.04 Å². The van der Waals surface area contributed by atoms with Gasteiger partial charge in [-0.1, -0.05) is 12.2 Å². The molecule has 132 valence electrons. The Morgan fingerprint density at radius 2 is 2.00 bits per heavy atom. The molecule has 3 rings (SSSR count). The third kappa shape index (κ3) is 4.21. The van der Waals surface area contributed by atoms with Crippen LogP contribution in [0.1, 0.15) is 27.7 Å². The third-order valence-corrected chi connectivity index (χ3v) is 4.28. The average molecular weight is 369 g/mol. The molecule has 0 aliphatic carbocycles. The molecule has 1 N–H and O–H groups in total. The van der Waals surface area contributed by atoms with E-state index < -0.39 is 6.04 Å². The maximum absolute atomic E-state index is 13.2. The van der Waals surface area contributed by atoms with Crippen molar-refractivity contribution < 1.29 is 18.2 Å². The van der Waals surface area contributed by atoms with Gasteiger partial charge in [0.2, 0.25) is 5.78 Å². The van der Waals surface area contributed by atoms with Gasteiger partial charge in [-0.25, -0.2) is 4.39 Å². The molecule has 1 aromatic carbocycles. The smallest absolute Gasteiger partial charge is 0.270 e. The number of thiocarbonyl (C=S) groups is 1. The number of aryl methyl sites for hydroxylation is 1. The monoisotopic (exact) mass is 369 g/mol. The van der Waals surface area contributed by atoms with Gasteiger partial charge in [0, 0.05) is 17.2 Å². The van der Waals surface area contributed by atoms with Crippen molar-refractivity contribution in [2.75, 3.05) is 0 Å². The summed E-state index contributed by atoms with van der Waals surface area (Å²) in [6.07, 6.45) is 5.23. The first-order valence-electron chi connectivity index (χ1n) is 8.12. The number of nitrogens with zero attached hydrogens (tertiary/aromatic N) is 1. The summed E-state index contributed by atoms with van der Waals surface area (Å²) in [6.45, 7) is 2.32. The number of carbonyl (C=O) groups excluding carboxylic acids is 1. The molecule has 0 aliphatic rings. The topological polar surface area (TPSA) is 46.1 Å². The van der Waals surface area contributed by atoms with Crippen LogP contribution in [0.2, 0.25) is 0 Å². The summed E-state index contributed by atoms with van der Waals surface area (Å²) in [6, 6.07) is 12.2. The largest absolute Gasteiger partial charge is 0.467 e. The molecule has 2 heterocycles. The summed E-state index contributed by atoms with van der Waals surface area (Å²) < 4.78 is 20.3. The highest BCUT2D eigenvalue weighted by Gasteiger charge is 2.33. The lowest BCUT2D eigenvalue weighted by Gasteiger charge is -2.14. The van der Waals surface area contributed by atoms with E-state index in [1.807, 2.05) is 31.3 Å². The molecular formula is C20H18FN2O2S+. The molecule has 0 saturated heterocycles. The van der Waals surface area contributed by atoms with Crippen LogP contribution in [0, 0.1) is 12.7 Å². The number of nitrogens with one attached hydrogen (secondary N) is 1. The number of benzene rings is 1. The number of rotatable bonds is 6. The van der Waals surface area contributed by atoms with E-state index in [9.17, 15) is 9.18 Å². The van der Waals surface area contributed by atoms with E-state index >= 15 is 0 Å². The van der Waals surface area contributed by atoms with Crippen molar-refractivity contribution in [2.24, 2.45) is 0 Å². The van der Waals surface area contributed by atoms with E-state index in [1.54, 1.807) is 23.1 Å². The Balaban J connectivity index is 1.89. The Labute approximate surface area is 156 Å². The minimum atomic E-state index is -0.731. The van der Waals surface area contributed by atoms with Gasteiger partial charge in [0.1, 0.15) is 11.6 Å². The van der Waals surface area contributed by atoms with Gasteiger partial charge in [0.05, 0.1) is 12.8 Å². The van der Waals surface area contributed by atoms with Crippen LogP contribution < -0.4 is 9.88 Å². The van der Waals surface area contributed by atoms with Gasteiger partial charge in [-0.2, -0.15) is 4.57 Å². The predicted molar refractivity (Wildman–Crippen MR) is 99.3 cm³/mol. The molecule has 0 aliphatic heterocycles. The Hall–Kier alpha value is -2.86. The molecule has 0 fully saturated rings. The quantitative estimate of drug-likeness (QED) is 0.410. The Kier molecular flexibility index (Phi) is 5.53. The number of halogens is 1. The van der Waals surface area contributed by atoms with Crippen molar-refractivity contribution in [1.82, 2.24) is 5.32 Å². The predicted octanol–water partition coefficient (Wildman–Crippen LogP) is 3.56. The second-order valence-electron chi connectivity index (χ2n) is 5.90. The van der Waals surface area contributed by atoms with E-state index in [1.165, 1.54) is 24.3 Å². The van der Waals surface area contributed by atoms with Crippen LogP contribution >= 0.6 is 12.2 Å². The molecule has 4 nitrogen and oxygen atoms in total. The third-order valence-electron chi connectivity index (χ3n) is 3.91. The number of Topliss-reactive ketones (excluding diaryl/α,β-unsaturated/α-hetero) is 1. The average Bonchev–Trinajstić information content (AvgIpc) is 3.14. The van der Waals surface area contributed by atoms with Crippen LogP contribution in [0.5, 0.6) is 0 Å². The van der Waals surface area contributed by atoms with Crippen molar-refractivity contribution in [3.05, 3.63) is 89.9 Å². The van der Waals surface area contributed by atoms with E-state index in [0.29, 0.717) is 17.1 Å². The fraction of sp³-hybridized carbons (Fsp3) is 0.150. The first-order chi connectivity index (χ1) is 12.5. The van der Waals surface area contributed by atoms with Gasteiger partial charge < -0.3 is 9.73 Å². The van der Waals surface area contributed by atoms with Gasteiger partial charge >= 0.3 is 0 Å². The van der Waals surface area contributed by atoms with Crippen molar-refractivity contribution in [2.45, 2.75) is 19.5 Å². The zero-order valence-corrected chi connectivity index (χ0v) is 15.0. The van der Waals surface area contributed by atoms with Crippen molar-refractivity contribution in [3.8, 4) is 0 Å². The summed E-state index contributed by atoms with van der Waals surface area (Å²) in [4.78, 5) is 13.4. The standard InChI is InChI=1S/C20H17FN2O2S/c1-14-4-2-10-23(13-14)18(19(24)15-6-8-16(21)9-7-15)20(26)22-12-17-5-3-11-25-17/h2-11,13,18H,12H2,1H3/p+1/t18-/m0/s1. The lowest BCUT2D eigenvalue weighted by Crippen LogP contribution is -2.51. The van der Waals surface area contributed by atoms with Gasteiger partial charge in [-0.15, -0.1) is 0 Å². The lowest BCUT2D eigenvalue weighted by molar-refractivity contribution is -0.692. The number of furan rings is 1. The molecule has 6 heteroatoms. The number of carbonyl (C=O) groups is 1. The van der Waals surface area contributed by atoms with Crippen LogP contribution in [-0.4, -0.2) is 10.8 Å². The highest BCUT2D eigenvalue weighted by molar-refractivity contribution is 7.80. The number of ketones is 1. The van der Waals surface area contributed by atoms with Crippen LogP contribution in [-0.2, 0) is 6.54 Å². The fourth-order valence-electron chi connectivity index (χ4n) is 2.62. The summed E-state index contributed by atoms with van der Waals surface area (Å²) in [7, 11) is 0. The second kappa shape index (κ2) is 8.01. The molecule has 0 unspecified atom stereocenters. The first kappa shape index (κ1) is 17.9. The molecule has 0 radical (unpaired) electrons. The normalized spacial score (nSPS) is 11.8. The van der Waals surface area contributed by atoms with Crippen LogP contribution in [0.4, 0.5) is 4.39 Å². The van der Waals surface area contributed by atoms with Gasteiger partial charge in [-0.05, 0) is 49.4 Å². The summed E-state index contributed by atoms with van der Waals surface area (Å²) in [5.41, 5.74) is 1.39. The number of pyridine rings is 1. The minimum absolute atomic E-state index is 0.211. The maximum Gasteiger partial charge on any atom is 0.270 e. The van der Waals surface area contributed by atoms with E-state index in [4.69, 9.17) is 16.6 Å². The summed E-state index contributed by atoms with van der Waals surface area (Å²) in [5, 5.41) is 3.09. The van der Waals surface area contributed by atoms with Crippen molar-refractivity contribution >= 4 is 23.0 Å². The number of aromatic nitrogens is 1. The summed E-state index contributed by atoms with van der Waals surface area (Å²) in [5.74, 6) is 0.118. The zero-order valence-electron chi connectivity index (χ0n) is 14.2. The molecule has 2 aromatic heterocycles. The van der Waals surface area contributed by atoms with Crippen LogP contribution in [0.25, 0.3) is 0 Å². The van der Waals surface area contributed by atoms with Gasteiger partial charge in [-0.3, -0.25) is 4.79 Å². The van der Waals surface area contributed by atoms with Crippen LogP contribution in [0.3, 0.4) is 0 Å². The highest BCUT2D eigenvalue weighted by Crippen LogP contribution is 2.13. The molecule has 0 saturated carbocycles. The highest BCUT2D eigenvalue weighted by atomic mass is 32.1. The molecule has 1 atom stereocenters. The number of hydrogen-bond donors (Lipinski definition) is 1. The first-order valence-corrected chi connectivity index (χ1v) is 8.53. The Bertz CT molecular complexity index is 908. The molecular weight excluding hydrogens is 351 g/mol. The lowest BCUT2D eigenvalue weighted by atomic mass is 10.0. The molecule has 0 spiro atoms. The fourth-order valence-corrected chi connectivity index (χ4v) is 2.92. The molecule has 26 heavy (non-hydrogen) atoms. The van der Waals surface area contributed by atoms with Gasteiger partial charge in [0.15, 0.2) is 17.4 Å². The molecule has 0 bridgehead atoms. The van der Waals surface area contributed by atoms with Crippen molar-refractivity contribution in [3.63, 3.8) is 0 Å². The minimum Gasteiger partial charge on any atom is -0.467 e. The van der Waals surface area contributed by atoms with E-state index in [-0.39, 0.29) is 11.6 Å². The van der Waals surface area contributed by atoms with Crippen molar-refractivity contribution in [1.29, 1.82) is 0 Å². The van der Waals surface area contributed by atoms with Crippen LogP contribution in [0.15, 0.2) is 71.6 Å².